The van der Waals surface area contributed by atoms with E-state index in [0.29, 0.717) is 17.5 Å². The molecule has 0 radical (unpaired) electrons. The SMILES string of the molecule is C=C(C)CC1CCC(C)=CC1c1c(O)cc(CCCCC)c(C(=O)OC)c1O. The zero-order valence-corrected chi connectivity index (χ0v) is 17.7. The second-order valence-corrected chi connectivity index (χ2v) is 8.14. The normalized spacial score (nSPS) is 19.2. The van der Waals surface area contributed by atoms with Crippen molar-refractivity contribution in [2.24, 2.45) is 5.92 Å². The molecule has 0 heterocycles. The van der Waals surface area contributed by atoms with E-state index in [9.17, 15) is 15.0 Å². The number of aryl methyl sites for hydroxylation is 1. The molecule has 0 aromatic heterocycles. The average molecular weight is 387 g/mol. The van der Waals surface area contributed by atoms with Crippen molar-refractivity contribution in [3.8, 4) is 11.5 Å². The summed E-state index contributed by atoms with van der Waals surface area (Å²) in [6.45, 7) is 10.2. The van der Waals surface area contributed by atoms with Crippen LogP contribution in [0.3, 0.4) is 0 Å². The van der Waals surface area contributed by atoms with Crippen LogP contribution in [-0.4, -0.2) is 23.3 Å². The summed E-state index contributed by atoms with van der Waals surface area (Å²) in [5.74, 6) is -0.563. The monoisotopic (exact) mass is 386 g/mol. The fraction of sp³-hybridized carbons (Fsp3) is 0.542. The van der Waals surface area contributed by atoms with Crippen molar-refractivity contribution in [1.82, 2.24) is 0 Å². The third kappa shape index (κ3) is 4.98. The van der Waals surface area contributed by atoms with Crippen molar-refractivity contribution in [3.63, 3.8) is 0 Å². The lowest BCUT2D eigenvalue weighted by molar-refractivity contribution is 0.0595. The maximum absolute atomic E-state index is 12.5. The lowest BCUT2D eigenvalue weighted by Crippen LogP contribution is -2.18. The van der Waals surface area contributed by atoms with Gasteiger partial charge in [-0.1, -0.05) is 37.0 Å². The molecule has 0 amide bonds. The van der Waals surface area contributed by atoms with Crippen LogP contribution in [0.5, 0.6) is 11.5 Å². The van der Waals surface area contributed by atoms with Gasteiger partial charge >= 0.3 is 5.97 Å². The molecule has 2 N–H and O–H groups in total. The number of hydrogen-bond donors (Lipinski definition) is 2. The highest BCUT2D eigenvalue weighted by Crippen LogP contribution is 2.48. The summed E-state index contributed by atoms with van der Waals surface area (Å²) in [4.78, 5) is 12.5. The zero-order valence-electron chi connectivity index (χ0n) is 17.7. The second kappa shape index (κ2) is 9.81. The minimum Gasteiger partial charge on any atom is -0.507 e. The van der Waals surface area contributed by atoms with E-state index in [-0.39, 0.29) is 28.9 Å². The molecule has 0 saturated heterocycles. The number of unbranched alkanes of at least 4 members (excludes halogenated alkanes) is 2. The number of phenols is 2. The molecule has 154 valence electrons. The first-order chi connectivity index (χ1) is 13.3. The Kier molecular flexibility index (Phi) is 7.73. The van der Waals surface area contributed by atoms with Crippen LogP contribution in [0.2, 0.25) is 0 Å². The third-order valence-corrected chi connectivity index (χ3v) is 5.66. The Morgan fingerprint density at radius 2 is 2.04 bits per heavy atom. The highest BCUT2D eigenvalue weighted by Gasteiger charge is 2.32. The standard InChI is InChI=1S/C24H34O4/c1-6-7-8-9-18-14-20(25)22(23(26)21(18)24(27)28-5)19-13-16(4)10-11-17(19)12-15(2)3/h13-14,17,19,25-26H,2,6-12H2,1,3-5H3. The molecule has 1 aliphatic carbocycles. The van der Waals surface area contributed by atoms with Crippen molar-refractivity contribution in [2.75, 3.05) is 7.11 Å². The third-order valence-electron chi connectivity index (χ3n) is 5.66. The smallest absolute Gasteiger partial charge is 0.341 e. The number of carbonyl (C=O) groups excluding carboxylic acids is 1. The first-order valence-corrected chi connectivity index (χ1v) is 10.3. The summed E-state index contributed by atoms with van der Waals surface area (Å²) in [7, 11) is 1.32. The predicted molar refractivity (Wildman–Crippen MR) is 113 cm³/mol. The van der Waals surface area contributed by atoms with Gasteiger partial charge in [-0.2, -0.15) is 0 Å². The van der Waals surface area contributed by atoms with Crippen LogP contribution in [0.4, 0.5) is 0 Å². The van der Waals surface area contributed by atoms with Gasteiger partial charge in [-0.15, -0.1) is 6.58 Å². The number of rotatable bonds is 8. The van der Waals surface area contributed by atoms with E-state index in [0.717, 1.165) is 44.1 Å². The maximum atomic E-state index is 12.5. The lowest BCUT2D eigenvalue weighted by atomic mass is 9.73. The van der Waals surface area contributed by atoms with Crippen molar-refractivity contribution in [1.29, 1.82) is 0 Å². The molecule has 0 fully saturated rings. The molecule has 0 bridgehead atoms. The van der Waals surface area contributed by atoms with Crippen LogP contribution >= 0.6 is 0 Å². The van der Waals surface area contributed by atoms with Gasteiger partial charge in [-0.05, 0) is 63.5 Å². The van der Waals surface area contributed by atoms with Gasteiger partial charge in [0.05, 0.1) is 7.11 Å². The average Bonchev–Trinajstić information content (AvgIpc) is 2.63. The van der Waals surface area contributed by atoms with Crippen molar-refractivity contribution in [2.45, 2.75) is 71.6 Å². The molecule has 2 atom stereocenters. The van der Waals surface area contributed by atoms with E-state index >= 15 is 0 Å². The predicted octanol–water partition coefficient (Wildman–Crippen LogP) is 6.02. The van der Waals surface area contributed by atoms with Crippen LogP contribution in [0.25, 0.3) is 0 Å². The molecule has 28 heavy (non-hydrogen) atoms. The zero-order chi connectivity index (χ0) is 20.8. The van der Waals surface area contributed by atoms with Crippen LogP contribution < -0.4 is 0 Å². The molecule has 2 unspecified atom stereocenters. The minimum atomic E-state index is -0.557. The Morgan fingerprint density at radius 3 is 2.64 bits per heavy atom. The first kappa shape index (κ1) is 22.1. The van der Waals surface area contributed by atoms with Gasteiger partial charge < -0.3 is 14.9 Å². The van der Waals surface area contributed by atoms with Gasteiger partial charge in [-0.3, -0.25) is 0 Å². The van der Waals surface area contributed by atoms with Crippen LogP contribution in [0, 0.1) is 5.92 Å². The summed E-state index contributed by atoms with van der Waals surface area (Å²) >= 11 is 0. The van der Waals surface area contributed by atoms with E-state index in [4.69, 9.17) is 4.74 Å². The number of phenolic OH excluding ortho intramolecular Hbond substituents is 2. The summed E-state index contributed by atoms with van der Waals surface area (Å²) < 4.78 is 4.95. The van der Waals surface area contributed by atoms with E-state index in [1.807, 2.05) is 6.92 Å². The van der Waals surface area contributed by atoms with Gasteiger partial charge in [-0.25, -0.2) is 4.79 Å². The summed E-state index contributed by atoms with van der Waals surface area (Å²) in [6.07, 6.45) is 8.48. The van der Waals surface area contributed by atoms with E-state index in [1.165, 1.54) is 12.7 Å². The number of aromatic hydroxyl groups is 2. The molecule has 0 saturated carbocycles. The van der Waals surface area contributed by atoms with Crippen LogP contribution in [0.15, 0.2) is 29.9 Å². The van der Waals surface area contributed by atoms with Crippen LogP contribution in [0.1, 0.15) is 86.7 Å². The van der Waals surface area contributed by atoms with Gasteiger partial charge in [0.15, 0.2) is 0 Å². The Hall–Kier alpha value is -2.23. The summed E-state index contributed by atoms with van der Waals surface area (Å²) in [6, 6.07) is 1.65. The van der Waals surface area contributed by atoms with Crippen LogP contribution in [-0.2, 0) is 11.2 Å². The Labute approximate surface area is 168 Å². The van der Waals surface area contributed by atoms with Gasteiger partial charge in [0.2, 0.25) is 0 Å². The molecule has 1 aromatic carbocycles. The number of methoxy groups -OCH3 is 1. The minimum absolute atomic E-state index is 0.0549. The van der Waals surface area contributed by atoms with Crippen molar-refractivity contribution >= 4 is 5.97 Å². The van der Waals surface area contributed by atoms with E-state index in [2.05, 4.69) is 26.5 Å². The first-order valence-electron chi connectivity index (χ1n) is 10.3. The number of benzene rings is 1. The second-order valence-electron chi connectivity index (χ2n) is 8.14. The number of ether oxygens (including phenoxy) is 1. The molecular weight excluding hydrogens is 352 g/mol. The number of carbonyl (C=O) groups is 1. The summed E-state index contributed by atoms with van der Waals surface area (Å²) in [5.41, 5.74) is 3.58. The maximum Gasteiger partial charge on any atom is 0.341 e. The van der Waals surface area contributed by atoms with Crippen molar-refractivity contribution in [3.05, 3.63) is 46.6 Å². The number of esters is 1. The molecule has 4 nitrogen and oxygen atoms in total. The fourth-order valence-electron chi connectivity index (χ4n) is 4.26. The molecule has 4 heteroatoms. The Morgan fingerprint density at radius 1 is 1.32 bits per heavy atom. The highest BCUT2D eigenvalue weighted by molar-refractivity contribution is 5.95. The molecule has 2 rings (SSSR count). The van der Waals surface area contributed by atoms with E-state index in [1.54, 1.807) is 6.07 Å². The fourth-order valence-corrected chi connectivity index (χ4v) is 4.26. The van der Waals surface area contributed by atoms with Crippen molar-refractivity contribution < 1.29 is 19.7 Å². The summed E-state index contributed by atoms with van der Waals surface area (Å²) in [5, 5.41) is 21.9. The lowest BCUT2D eigenvalue weighted by Gasteiger charge is -2.32. The Bertz CT molecular complexity index is 760. The van der Waals surface area contributed by atoms with Gasteiger partial charge in [0.1, 0.15) is 17.1 Å². The topological polar surface area (TPSA) is 66.8 Å². The number of allylic oxidation sites excluding steroid dienone is 3. The molecular formula is C24H34O4. The molecule has 0 aliphatic heterocycles. The largest absolute Gasteiger partial charge is 0.507 e. The number of hydrogen-bond acceptors (Lipinski definition) is 4. The molecule has 0 spiro atoms. The highest BCUT2D eigenvalue weighted by atomic mass is 16.5. The Balaban J connectivity index is 2.57. The quantitative estimate of drug-likeness (QED) is 0.325. The van der Waals surface area contributed by atoms with E-state index < -0.39 is 5.97 Å². The molecule has 1 aromatic rings. The molecule has 1 aliphatic rings. The van der Waals surface area contributed by atoms with Gasteiger partial charge in [0, 0.05) is 11.5 Å². The van der Waals surface area contributed by atoms with Gasteiger partial charge in [0.25, 0.3) is 0 Å².